The Kier molecular flexibility index (Phi) is 3.29. The molecule has 1 fully saturated rings. The maximum absolute atomic E-state index is 6.04. The first kappa shape index (κ1) is 12.6. The molecule has 1 aromatic heterocycles. The van der Waals surface area contributed by atoms with Gasteiger partial charge in [-0.25, -0.2) is 4.98 Å². The second kappa shape index (κ2) is 4.94. The van der Waals surface area contributed by atoms with Crippen LogP contribution >= 0.6 is 0 Å². The van der Waals surface area contributed by atoms with Gasteiger partial charge in [0.15, 0.2) is 0 Å². The van der Waals surface area contributed by atoms with Gasteiger partial charge in [0.1, 0.15) is 5.82 Å². The van der Waals surface area contributed by atoms with Crippen molar-refractivity contribution < 1.29 is 4.74 Å². The number of nitrogens with zero attached hydrogens (tertiary/aromatic N) is 2. The van der Waals surface area contributed by atoms with E-state index in [-0.39, 0.29) is 5.41 Å². The van der Waals surface area contributed by atoms with Crippen molar-refractivity contribution in [2.75, 3.05) is 20.3 Å². The molecule has 0 unspecified atom stereocenters. The molecule has 1 aliphatic rings. The van der Waals surface area contributed by atoms with Gasteiger partial charge < -0.3 is 15.0 Å². The van der Waals surface area contributed by atoms with Crippen LogP contribution in [0.15, 0.2) is 24.3 Å². The molecule has 1 saturated carbocycles. The zero-order valence-corrected chi connectivity index (χ0v) is 11.4. The predicted octanol–water partition coefficient (Wildman–Crippen LogP) is 2.06. The van der Waals surface area contributed by atoms with E-state index in [9.17, 15) is 0 Å². The van der Waals surface area contributed by atoms with Crippen molar-refractivity contribution in [2.24, 2.45) is 5.73 Å². The molecule has 1 aliphatic carbocycles. The number of fused-ring (bicyclic) bond motifs is 1. The van der Waals surface area contributed by atoms with E-state index in [0.717, 1.165) is 30.7 Å². The van der Waals surface area contributed by atoms with Gasteiger partial charge in [0.05, 0.1) is 17.6 Å². The highest BCUT2D eigenvalue weighted by atomic mass is 16.5. The molecular weight excluding hydrogens is 238 g/mol. The molecule has 0 atom stereocenters. The summed E-state index contributed by atoms with van der Waals surface area (Å²) < 4.78 is 7.53. The molecule has 2 N–H and O–H groups in total. The number of nitrogens with two attached hydrogens (primary N) is 1. The fourth-order valence-corrected chi connectivity index (χ4v) is 3.01. The molecule has 19 heavy (non-hydrogen) atoms. The van der Waals surface area contributed by atoms with Crippen LogP contribution in [0.2, 0.25) is 0 Å². The van der Waals surface area contributed by atoms with Crippen LogP contribution in [0, 0.1) is 0 Å². The van der Waals surface area contributed by atoms with Gasteiger partial charge in [-0.2, -0.15) is 0 Å². The standard InChI is InChI=1S/C15H21N3O/c1-19-10-9-18-13-6-3-2-5-12(13)17-14(18)15(11-16)7-4-8-15/h2-3,5-6H,4,7-11,16H2,1H3. The van der Waals surface area contributed by atoms with Gasteiger partial charge in [-0.05, 0) is 25.0 Å². The Balaban J connectivity index is 2.11. The number of hydrogen-bond donors (Lipinski definition) is 1. The largest absolute Gasteiger partial charge is 0.383 e. The Morgan fingerprint density at radius 2 is 2.16 bits per heavy atom. The smallest absolute Gasteiger partial charge is 0.117 e. The Morgan fingerprint density at radius 3 is 2.79 bits per heavy atom. The van der Waals surface area contributed by atoms with Gasteiger partial charge in [-0.3, -0.25) is 0 Å². The van der Waals surface area contributed by atoms with E-state index in [4.69, 9.17) is 15.5 Å². The monoisotopic (exact) mass is 259 g/mol. The third kappa shape index (κ3) is 1.95. The van der Waals surface area contributed by atoms with E-state index in [1.807, 2.05) is 6.07 Å². The molecule has 102 valence electrons. The van der Waals surface area contributed by atoms with Crippen LogP contribution in [0.3, 0.4) is 0 Å². The molecule has 2 aromatic rings. The molecule has 4 heteroatoms. The van der Waals surface area contributed by atoms with E-state index < -0.39 is 0 Å². The number of aromatic nitrogens is 2. The zero-order valence-electron chi connectivity index (χ0n) is 11.4. The molecular formula is C15H21N3O. The lowest BCUT2D eigenvalue weighted by Gasteiger charge is -2.40. The fraction of sp³-hybridized carbons (Fsp3) is 0.533. The van der Waals surface area contributed by atoms with Gasteiger partial charge >= 0.3 is 0 Å². The van der Waals surface area contributed by atoms with Crippen LogP contribution in [0.4, 0.5) is 0 Å². The summed E-state index contributed by atoms with van der Waals surface area (Å²) in [4.78, 5) is 4.86. The van der Waals surface area contributed by atoms with Gasteiger partial charge in [0, 0.05) is 25.6 Å². The van der Waals surface area contributed by atoms with Crippen LogP contribution in [0.5, 0.6) is 0 Å². The minimum absolute atomic E-state index is 0.0900. The molecule has 1 aromatic carbocycles. The lowest BCUT2D eigenvalue weighted by Crippen LogP contribution is -2.44. The van der Waals surface area contributed by atoms with E-state index >= 15 is 0 Å². The van der Waals surface area contributed by atoms with Crippen molar-refractivity contribution in [2.45, 2.75) is 31.2 Å². The number of methoxy groups -OCH3 is 1. The maximum atomic E-state index is 6.04. The van der Waals surface area contributed by atoms with Crippen LogP contribution < -0.4 is 5.73 Å². The Hall–Kier alpha value is -1.39. The molecule has 0 saturated heterocycles. The minimum atomic E-state index is 0.0900. The molecule has 4 nitrogen and oxygen atoms in total. The predicted molar refractivity (Wildman–Crippen MR) is 76.2 cm³/mol. The quantitative estimate of drug-likeness (QED) is 0.894. The SMILES string of the molecule is COCCn1c(C2(CN)CCC2)nc2ccccc21. The topological polar surface area (TPSA) is 53.1 Å². The highest BCUT2D eigenvalue weighted by Gasteiger charge is 2.41. The second-order valence-electron chi connectivity index (χ2n) is 5.41. The van der Waals surface area contributed by atoms with Crippen molar-refractivity contribution in [1.82, 2.24) is 9.55 Å². The average molecular weight is 259 g/mol. The van der Waals surface area contributed by atoms with Crippen molar-refractivity contribution in [1.29, 1.82) is 0 Å². The van der Waals surface area contributed by atoms with Crippen LogP contribution in [-0.4, -0.2) is 29.8 Å². The average Bonchev–Trinajstić information content (AvgIpc) is 2.75. The van der Waals surface area contributed by atoms with E-state index in [0.29, 0.717) is 13.2 Å². The molecule has 0 radical (unpaired) electrons. The third-order valence-corrected chi connectivity index (χ3v) is 4.35. The number of benzene rings is 1. The summed E-state index contributed by atoms with van der Waals surface area (Å²) in [5.74, 6) is 1.15. The van der Waals surface area contributed by atoms with Gasteiger partial charge in [0.25, 0.3) is 0 Å². The van der Waals surface area contributed by atoms with Crippen molar-refractivity contribution in [3.63, 3.8) is 0 Å². The number of imidazole rings is 1. The van der Waals surface area contributed by atoms with Crippen molar-refractivity contribution >= 4 is 11.0 Å². The first-order chi connectivity index (χ1) is 9.30. The van der Waals surface area contributed by atoms with Crippen LogP contribution in [0.1, 0.15) is 25.1 Å². The molecule has 0 aliphatic heterocycles. The van der Waals surface area contributed by atoms with Crippen molar-refractivity contribution in [3.05, 3.63) is 30.1 Å². The van der Waals surface area contributed by atoms with Gasteiger partial charge in [-0.15, -0.1) is 0 Å². The lowest BCUT2D eigenvalue weighted by atomic mass is 9.68. The lowest BCUT2D eigenvalue weighted by molar-refractivity contribution is 0.178. The summed E-state index contributed by atoms with van der Waals surface area (Å²) in [7, 11) is 1.74. The highest BCUT2D eigenvalue weighted by Crippen LogP contribution is 2.43. The summed E-state index contributed by atoms with van der Waals surface area (Å²) in [5, 5.41) is 0. The van der Waals surface area contributed by atoms with Crippen LogP contribution in [-0.2, 0) is 16.7 Å². The van der Waals surface area contributed by atoms with E-state index in [1.165, 1.54) is 11.9 Å². The third-order valence-electron chi connectivity index (χ3n) is 4.35. The second-order valence-corrected chi connectivity index (χ2v) is 5.41. The van der Waals surface area contributed by atoms with E-state index in [2.05, 4.69) is 22.8 Å². The van der Waals surface area contributed by atoms with Crippen molar-refractivity contribution in [3.8, 4) is 0 Å². The molecule has 0 amide bonds. The summed E-state index contributed by atoms with van der Waals surface area (Å²) in [6.07, 6.45) is 3.56. The molecule has 1 heterocycles. The Labute approximate surface area is 113 Å². The number of ether oxygens (including phenoxy) is 1. The summed E-state index contributed by atoms with van der Waals surface area (Å²) >= 11 is 0. The Morgan fingerprint density at radius 1 is 1.37 bits per heavy atom. The fourth-order valence-electron chi connectivity index (χ4n) is 3.01. The molecule has 3 rings (SSSR count). The summed E-state index contributed by atoms with van der Waals surface area (Å²) in [6.45, 7) is 2.23. The van der Waals surface area contributed by atoms with Gasteiger partial charge in [0.2, 0.25) is 0 Å². The maximum Gasteiger partial charge on any atom is 0.117 e. The zero-order chi connectivity index (χ0) is 13.3. The molecule has 0 bridgehead atoms. The number of rotatable bonds is 5. The van der Waals surface area contributed by atoms with E-state index in [1.54, 1.807) is 7.11 Å². The number of hydrogen-bond acceptors (Lipinski definition) is 3. The van der Waals surface area contributed by atoms with Crippen LogP contribution in [0.25, 0.3) is 11.0 Å². The summed E-state index contributed by atoms with van der Waals surface area (Å²) in [6, 6.07) is 8.30. The first-order valence-corrected chi connectivity index (χ1v) is 6.95. The Bertz CT molecular complexity index is 566. The summed E-state index contributed by atoms with van der Waals surface area (Å²) in [5.41, 5.74) is 8.38. The minimum Gasteiger partial charge on any atom is -0.383 e. The highest BCUT2D eigenvalue weighted by molar-refractivity contribution is 5.76. The molecule has 0 spiro atoms. The number of para-hydroxylation sites is 2. The normalized spacial score (nSPS) is 17.6. The van der Waals surface area contributed by atoms with Gasteiger partial charge in [-0.1, -0.05) is 18.6 Å². The first-order valence-electron chi connectivity index (χ1n) is 6.95.